The summed E-state index contributed by atoms with van der Waals surface area (Å²) in [6, 6.07) is 14.5. The average Bonchev–Trinajstić information content (AvgIpc) is 2.69. The van der Waals surface area contributed by atoms with E-state index in [1.165, 1.54) is 11.1 Å². The van der Waals surface area contributed by atoms with Gasteiger partial charge >= 0.3 is 0 Å². The SMILES string of the molecule is Cc1cc(C)c(NC(=O)c2cnc(NCCCc3ccccc3)nc2)c(C)c1. The molecule has 0 radical (unpaired) electrons. The van der Waals surface area contributed by atoms with E-state index >= 15 is 0 Å². The van der Waals surface area contributed by atoms with Gasteiger partial charge < -0.3 is 10.6 Å². The molecule has 1 aromatic heterocycles. The van der Waals surface area contributed by atoms with E-state index in [9.17, 15) is 4.79 Å². The highest BCUT2D eigenvalue weighted by molar-refractivity contribution is 6.04. The fourth-order valence-corrected chi connectivity index (χ4v) is 3.24. The lowest BCUT2D eigenvalue weighted by atomic mass is 10.0. The summed E-state index contributed by atoms with van der Waals surface area (Å²) in [7, 11) is 0. The summed E-state index contributed by atoms with van der Waals surface area (Å²) in [6.45, 7) is 6.82. The monoisotopic (exact) mass is 374 g/mol. The van der Waals surface area contributed by atoms with E-state index in [0.29, 0.717) is 11.5 Å². The fourth-order valence-electron chi connectivity index (χ4n) is 3.24. The second-order valence-electron chi connectivity index (χ2n) is 7.04. The summed E-state index contributed by atoms with van der Waals surface area (Å²) < 4.78 is 0. The zero-order chi connectivity index (χ0) is 19.9. The van der Waals surface area contributed by atoms with Gasteiger partial charge in [-0.25, -0.2) is 9.97 Å². The molecule has 0 unspecified atom stereocenters. The molecular weight excluding hydrogens is 348 g/mol. The van der Waals surface area contributed by atoms with Gasteiger partial charge in [0.15, 0.2) is 0 Å². The predicted octanol–water partition coefficient (Wildman–Crippen LogP) is 4.70. The zero-order valence-corrected chi connectivity index (χ0v) is 16.6. The molecule has 1 heterocycles. The minimum Gasteiger partial charge on any atom is -0.354 e. The number of anilines is 2. The standard InChI is InChI=1S/C23H26N4O/c1-16-12-17(2)21(18(3)13-16)27-22(28)20-14-25-23(26-15-20)24-11-7-10-19-8-5-4-6-9-19/h4-6,8-9,12-15H,7,10-11H2,1-3H3,(H,27,28)(H,24,25,26). The van der Waals surface area contributed by atoms with Crippen LogP contribution in [0.25, 0.3) is 0 Å². The molecule has 0 aliphatic heterocycles. The highest BCUT2D eigenvalue weighted by atomic mass is 16.1. The molecule has 0 bridgehead atoms. The molecule has 0 atom stereocenters. The Labute approximate surface area is 166 Å². The third-order valence-corrected chi connectivity index (χ3v) is 4.60. The summed E-state index contributed by atoms with van der Waals surface area (Å²) in [5.41, 5.74) is 5.87. The first-order chi connectivity index (χ1) is 13.5. The second kappa shape index (κ2) is 9.13. The van der Waals surface area contributed by atoms with Gasteiger partial charge in [-0.2, -0.15) is 0 Å². The Morgan fingerprint density at radius 3 is 2.25 bits per heavy atom. The summed E-state index contributed by atoms with van der Waals surface area (Å²) in [4.78, 5) is 21.0. The van der Waals surface area contributed by atoms with Gasteiger partial charge in [0.25, 0.3) is 5.91 Å². The Bertz CT molecular complexity index is 914. The molecule has 3 aromatic rings. The van der Waals surface area contributed by atoms with Gasteiger partial charge in [0.1, 0.15) is 0 Å². The van der Waals surface area contributed by atoms with Crippen molar-refractivity contribution in [3.05, 3.63) is 82.7 Å². The van der Waals surface area contributed by atoms with Gasteiger partial charge in [0, 0.05) is 24.6 Å². The van der Waals surface area contributed by atoms with Crippen LogP contribution in [0.15, 0.2) is 54.9 Å². The van der Waals surface area contributed by atoms with Crippen molar-refractivity contribution < 1.29 is 4.79 Å². The van der Waals surface area contributed by atoms with Gasteiger partial charge in [-0.15, -0.1) is 0 Å². The number of aromatic nitrogens is 2. The first-order valence-electron chi connectivity index (χ1n) is 9.52. The van der Waals surface area contributed by atoms with Crippen LogP contribution < -0.4 is 10.6 Å². The van der Waals surface area contributed by atoms with Crippen molar-refractivity contribution >= 4 is 17.5 Å². The maximum Gasteiger partial charge on any atom is 0.258 e. The summed E-state index contributed by atoms with van der Waals surface area (Å²) in [6.07, 6.45) is 5.10. The van der Waals surface area contributed by atoms with E-state index in [1.807, 2.05) is 26.8 Å². The van der Waals surface area contributed by atoms with Crippen LogP contribution in [-0.4, -0.2) is 22.4 Å². The normalized spacial score (nSPS) is 10.5. The molecule has 0 fully saturated rings. The van der Waals surface area contributed by atoms with Crippen LogP contribution in [0.1, 0.15) is 39.0 Å². The smallest absolute Gasteiger partial charge is 0.258 e. The molecule has 144 valence electrons. The number of amides is 1. The minimum absolute atomic E-state index is 0.203. The number of carbonyl (C=O) groups excluding carboxylic acids is 1. The van der Waals surface area contributed by atoms with Gasteiger partial charge in [-0.1, -0.05) is 48.0 Å². The zero-order valence-electron chi connectivity index (χ0n) is 16.6. The lowest BCUT2D eigenvalue weighted by Gasteiger charge is -2.13. The van der Waals surface area contributed by atoms with Crippen molar-refractivity contribution in [1.29, 1.82) is 0 Å². The van der Waals surface area contributed by atoms with Crippen LogP contribution in [0.5, 0.6) is 0 Å². The minimum atomic E-state index is -0.203. The van der Waals surface area contributed by atoms with Gasteiger partial charge in [-0.05, 0) is 50.3 Å². The number of aryl methyl sites for hydroxylation is 4. The molecule has 0 spiro atoms. The van der Waals surface area contributed by atoms with Crippen molar-refractivity contribution in [1.82, 2.24) is 9.97 Å². The third-order valence-electron chi connectivity index (χ3n) is 4.60. The number of benzene rings is 2. The van der Waals surface area contributed by atoms with Crippen LogP contribution in [0.3, 0.4) is 0 Å². The molecule has 0 saturated carbocycles. The van der Waals surface area contributed by atoms with E-state index in [0.717, 1.165) is 36.2 Å². The number of hydrogen-bond donors (Lipinski definition) is 2. The molecule has 0 saturated heterocycles. The molecule has 5 heteroatoms. The number of nitrogens with one attached hydrogen (secondary N) is 2. The van der Waals surface area contributed by atoms with Crippen molar-refractivity contribution in [3.8, 4) is 0 Å². The van der Waals surface area contributed by atoms with E-state index in [2.05, 4.69) is 57.0 Å². The van der Waals surface area contributed by atoms with Crippen LogP contribution in [0.2, 0.25) is 0 Å². The molecule has 2 N–H and O–H groups in total. The van der Waals surface area contributed by atoms with Gasteiger partial charge in [0.2, 0.25) is 5.95 Å². The maximum absolute atomic E-state index is 12.5. The average molecular weight is 374 g/mol. The van der Waals surface area contributed by atoms with Crippen LogP contribution >= 0.6 is 0 Å². The van der Waals surface area contributed by atoms with Crippen LogP contribution in [0, 0.1) is 20.8 Å². The first kappa shape index (κ1) is 19.5. The molecule has 0 aliphatic rings. The van der Waals surface area contributed by atoms with E-state index in [4.69, 9.17) is 0 Å². The largest absolute Gasteiger partial charge is 0.354 e. The first-order valence-corrected chi connectivity index (χ1v) is 9.52. The number of hydrogen-bond acceptors (Lipinski definition) is 4. The van der Waals surface area contributed by atoms with Crippen molar-refractivity contribution in [2.75, 3.05) is 17.2 Å². The number of nitrogens with zero attached hydrogens (tertiary/aromatic N) is 2. The highest BCUT2D eigenvalue weighted by Crippen LogP contribution is 2.22. The molecule has 2 aromatic carbocycles. The lowest BCUT2D eigenvalue weighted by molar-refractivity contribution is 0.102. The van der Waals surface area contributed by atoms with Crippen LogP contribution in [0.4, 0.5) is 11.6 Å². The molecular formula is C23H26N4O. The summed E-state index contributed by atoms with van der Waals surface area (Å²) >= 11 is 0. The Morgan fingerprint density at radius 2 is 1.61 bits per heavy atom. The van der Waals surface area contributed by atoms with Gasteiger partial charge in [-0.3, -0.25) is 4.79 Å². The molecule has 3 rings (SSSR count). The number of rotatable bonds is 7. The van der Waals surface area contributed by atoms with Crippen molar-refractivity contribution in [3.63, 3.8) is 0 Å². The molecule has 0 aliphatic carbocycles. The topological polar surface area (TPSA) is 66.9 Å². The highest BCUT2D eigenvalue weighted by Gasteiger charge is 2.11. The molecule has 5 nitrogen and oxygen atoms in total. The Morgan fingerprint density at radius 1 is 0.964 bits per heavy atom. The molecule has 28 heavy (non-hydrogen) atoms. The van der Waals surface area contributed by atoms with E-state index in [1.54, 1.807) is 12.4 Å². The second-order valence-corrected chi connectivity index (χ2v) is 7.04. The van der Waals surface area contributed by atoms with Crippen LogP contribution in [-0.2, 0) is 6.42 Å². The summed E-state index contributed by atoms with van der Waals surface area (Å²) in [5.74, 6) is 0.331. The Balaban J connectivity index is 1.53. The van der Waals surface area contributed by atoms with E-state index in [-0.39, 0.29) is 5.91 Å². The third kappa shape index (κ3) is 5.16. The van der Waals surface area contributed by atoms with Gasteiger partial charge in [0.05, 0.1) is 5.56 Å². The predicted molar refractivity (Wildman–Crippen MR) is 114 cm³/mol. The number of carbonyl (C=O) groups is 1. The Kier molecular flexibility index (Phi) is 6.37. The quantitative estimate of drug-likeness (QED) is 0.588. The maximum atomic E-state index is 12.5. The van der Waals surface area contributed by atoms with Crippen molar-refractivity contribution in [2.45, 2.75) is 33.6 Å². The summed E-state index contributed by atoms with van der Waals surface area (Å²) in [5, 5.41) is 6.17. The lowest BCUT2D eigenvalue weighted by Crippen LogP contribution is -2.15. The van der Waals surface area contributed by atoms with E-state index < -0.39 is 0 Å². The molecule has 1 amide bonds. The fraction of sp³-hybridized carbons (Fsp3) is 0.261. The Hall–Kier alpha value is -3.21. The van der Waals surface area contributed by atoms with Crippen molar-refractivity contribution in [2.24, 2.45) is 0 Å².